The molecule has 0 unspecified atom stereocenters. The summed E-state index contributed by atoms with van der Waals surface area (Å²) in [4.78, 5) is 2.60. The summed E-state index contributed by atoms with van der Waals surface area (Å²) in [6.07, 6.45) is 0. The average molecular weight is 857 g/mol. The van der Waals surface area contributed by atoms with Gasteiger partial charge in [0.05, 0.1) is 22.4 Å². The molecule has 67 heavy (non-hydrogen) atoms. The number of anilines is 3. The van der Waals surface area contributed by atoms with Crippen LogP contribution in [0.1, 0.15) is 66.6 Å². The van der Waals surface area contributed by atoms with Crippen molar-refractivity contribution in [2.24, 2.45) is 0 Å². The van der Waals surface area contributed by atoms with Gasteiger partial charge in [-0.2, -0.15) is 0 Å². The van der Waals surface area contributed by atoms with Crippen LogP contribution in [0.15, 0.2) is 218 Å². The van der Waals surface area contributed by atoms with E-state index in [1.165, 1.54) is 116 Å². The summed E-state index contributed by atoms with van der Waals surface area (Å²) in [5, 5.41) is 4.93. The van der Waals surface area contributed by atoms with E-state index in [0.717, 1.165) is 5.69 Å². The average Bonchev–Trinajstić information content (AvgIpc) is 4.02. The SMILES string of the molecule is CC1(C)c2ccccc2-c2c(N(c3ccc4c(c3)c3ccccc3n4C3(c4ccc5ccccc5c4)c4ccccc4-c4ccccc43)c3cccc4c3-c3ccccc3C4(C)C)cccc21. The van der Waals surface area contributed by atoms with E-state index in [9.17, 15) is 0 Å². The molecule has 10 aromatic carbocycles. The molecule has 14 rings (SSSR count). The normalized spacial score (nSPS) is 15.2. The molecule has 1 aromatic heterocycles. The van der Waals surface area contributed by atoms with Crippen molar-refractivity contribution >= 4 is 49.6 Å². The second-order valence-corrected chi connectivity index (χ2v) is 20.0. The van der Waals surface area contributed by atoms with Gasteiger partial charge < -0.3 is 9.47 Å². The first-order valence-electron chi connectivity index (χ1n) is 23.8. The van der Waals surface area contributed by atoms with Crippen LogP contribution in [0.3, 0.4) is 0 Å². The van der Waals surface area contributed by atoms with Crippen LogP contribution in [-0.4, -0.2) is 4.57 Å². The standard InChI is InChI=1S/C65H48N2/c1-63(2)51-26-12-9-24-48(51)61-55(63)30-17-33-59(61)66(60-34-18-31-56-62(60)49-25-10-13-27-52(49)64(56,3)4)44-37-38-58-50(40-44)47-23-11-16-32-57(47)67(58)65(43-36-35-41-19-5-6-20-42(41)39-43)53-28-14-7-21-45(53)46-22-8-15-29-54(46)65/h5-40H,1-4H3. The number of rotatable bonds is 5. The van der Waals surface area contributed by atoms with Gasteiger partial charge in [0.1, 0.15) is 5.54 Å². The molecule has 0 aliphatic heterocycles. The first kappa shape index (κ1) is 38.3. The van der Waals surface area contributed by atoms with E-state index < -0.39 is 5.54 Å². The third-order valence-electron chi connectivity index (χ3n) is 16.0. The Morgan fingerprint density at radius 3 is 1.43 bits per heavy atom. The number of hydrogen-bond donors (Lipinski definition) is 0. The molecule has 318 valence electrons. The van der Waals surface area contributed by atoms with Crippen LogP contribution in [0, 0.1) is 0 Å². The van der Waals surface area contributed by atoms with Gasteiger partial charge in [0.25, 0.3) is 0 Å². The molecule has 1 heterocycles. The molecular formula is C65H48N2. The number of hydrogen-bond acceptors (Lipinski definition) is 1. The molecule has 0 atom stereocenters. The van der Waals surface area contributed by atoms with Crippen molar-refractivity contribution in [3.8, 4) is 33.4 Å². The number of fused-ring (bicyclic) bond motifs is 13. The van der Waals surface area contributed by atoms with E-state index in [0.29, 0.717) is 0 Å². The third-order valence-corrected chi connectivity index (χ3v) is 16.0. The van der Waals surface area contributed by atoms with Crippen LogP contribution in [0.25, 0.3) is 66.0 Å². The van der Waals surface area contributed by atoms with Crippen LogP contribution in [0.2, 0.25) is 0 Å². The van der Waals surface area contributed by atoms with E-state index in [-0.39, 0.29) is 10.8 Å². The lowest BCUT2D eigenvalue weighted by molar-refractivity contribution is 0.564. The fourth-order valence-corrected chi connectivity index (χ4v) is 13.0. The maximum atomic E-state index is 2.68. The minimum Gasteiger partial charge on any atom is -0.322 e. The lowest BCUT2D eigenvalue weighted by Crippen LogP contribution is -2.35. The Labute approximate surface area is 392 Å². The fourth-order valence-electron chi connectivity index (χ4n) is 13.0. The van der Waals surface area contributed by atoms with E-state index >= 15 is 0 Å². The van der Waals surface area contributed by atoms with Crippen molar-refractivity contribution < 1.29 is 0 Å². The third kappa shape index (κ3) is 4.95. The summed E-state index contributed by atoms with van der Waals surface area (Å²) in [7, 11) is 0. The second-order valence-electron chi connectivity index (χ2n) is 20.0. The van der Waals surface area contributed by atoms with Gasteiger partial charge >= 0.3 is 0 Å². The van der Waals surface area contributed by atoms with Gasteiger partial charge in [0.2, 0.25) is 0 Å². The van der Waals surface area contributed by atoms with Crippen LogP contribution in [-0.2, 0) is 16.4 Å². The summed E-state index contributed by atoms with van der Waals surface area (Å²) in [6.45, 7) is 9.54. The monoisotopic (exact) mass is 856 g/mol. The minimum absolute atomic E-state index is 0.150. The highest BCUT2D eigenvalue weighted by molar-refractivity contribution is 6.12. The van der Waals surface area contributed by atoms with Crippen LogP contribution in [0.4, 0.5) is 17.1 Å². The zero-order valence-corrected chi connectivity index (χ0v) is 38.2. The van der Waals surface area contributed by atoms with Gasteiger partial charge in [-0.1, -0.05) is 204 Å². The van der Waals surface area contributed by atoms with Crippen molar-refractivity contribution in [2.75, 3.05) is 4.90 Å². The zero-order chi connectivity index (χ0) is 44.8. The Morgan fingerprint density at radius 2 is 0.821 bits per heavy atom. The van der Waals surface area contributed by atoms with Crippen LogP contribution < -0.4 is 4.90 Å². The highest BCUT2D eigenvalue weighted by Crippen LogP contribution is 2.60. The molecule has 0 spiro atoms. The number of nitrogens with zero attached hydrogens (tertiary/aromatic N) is 2. The highest BCUT2D eigenvalue weighted by Gasteiger charge is 2.48. The maximum absolute atomic E-state index is 2.68. The molecule has 2 heteroatoms. The highest BCUT2D eigenvalue weighted by atomic mass is 15.2. The molecule has 3 aliphatic carbocycles. The molecule has 2 nitrogen and oxygen atoms in total. The molecule has 0 saturated carbocycles. The smallest absolute Gasteiger partial charge is 0.122 e. The summed E-state index contributed by atoms with van der Waals surface area (Å²) < 4.78 is 2.68. The molecule has 11 aromatic rings. The number of para-hydroxylation sites is 1. The zero-order valence-electron chi connectivity index (χ0n) is 38.2. The molecule has 0 radical (unpaired) electrons. The van der Waals surface area contributed by atoms with E-state index in [4.69, 9.17) is 0 Å². The Hall–Kier alpha value is -7.94. The first-order valence-corrected chi connectivity index (χ1v) is 23.8. The lowest BCUT2D eigenvalue weighted by atomic mass is 9.79. The summed E-state index contributed by atoms with van der Waals surface area (Å²) in [6, 6.07) is 82.6. The lowest BCUT2D eigenvalue weighted by Gasteiger charge is -2.37. The molecular weight excluding hydrogens is 809 g/mol. The van der Waals surface area contributed by atoms with Crippen molar-refractivity contribution in [2.45, 2.75) is 44.1 Å². The molecule has 3 aliphatic rings. The Balaban J connectivity index is 1.10. The van der Waals surface area contributed by atoms with Gasteiger partial charge in [-0.15, -0.1) is 0 Å². The molecule has 0 fully saturated rings. The predicted octanol–water partition coefficient (Wildman–Crippen LogP) is 16.9. The van der Waals surface area contributed by atoms with E-state index in [1.54, 1.807) is 0 Å². The van der Waals surface area contributed by atoms with E-state index in [1.807, 2.05) is 0 Å². The number of aromatic nitrogens is 1. The number of benzene rings is 10. The van der Waals surface area contributed by atoms with Gasteiger partial charge in [0.15, 0.2) is 0 Å². The summed E-state index contributed by atoms with van der Waals surface area (Å²) >= 11 is 0. The second kappa shape index (κ2) is 13.6. The first-order chi connectivity index (χ1) is 32.8. The van der Waals surface area contributed by atoms with Crippen molar-refractivity contribution in [1.82, 2.24) is 4.57 Å². The largest absolute Gasteiger partial charge is 0.322 e. The van der Waals surface area contributed by atoms with Gasteiger partial charge in [0, 0.05) is 38.4 Å². The molecule has 0 bridgehead atoms. The Bertz CT molecular complexity index is 3740. The van der Waals surface area contributed by atoms with Gasteiger partial charge in [-0.25, -0.2) is 0 Å². The maximum Gasteiger partial charge on any atom is 0.122 e. The van der Waals surface area contributed by atoms with Gasteiger partial charge in [-0.3, -0.25) is 0 Å². The van der Waals surface area contributed by atoms with Crippen LogP contribution >= 0.6 is 0 Å². The minimum atomic E-state index is -0.662. The summed E-state index contributed by atoms with van der Waals surface area (Å²) in [5.41, 5.74) is 22.1. The van der Waals surface area contributed by atoms with Crippen molar-refractivity contribution in [3.05, 3.63) is 257 Å². The molecule has 0 N–H and O–H groups in total. The van der Waals surface area contributed by atoms with Crippen molar-refractivity contribution in [3.63, 3.8) is 0 Å². The van der Waals surface area contributed by atoms with E-state index in [2.05, 4.69) is 256 Å². The Morgan fingerprint density at radius 1 is 0.343 bits per heavy atom. The van der Waals surface area contributed by atoms with Crippen molar-refractivity contribution in [1.29, 1.82) is 0 Å². The molecule has 0 saturated heterocycles. The molecule has 0 amide bonds. The fraction of sp³-hybridized carbons (Fsp3) is 0.108. The predicted molar refractivity (Wildman–Crippen MR) is 280 cm³/mol. The van der Waals surface area contributed by atoms with Gasteiger partial charge in [-0.05, 0) is 114 Å². The quantitative estimate of drug-likeness (QED) is 0.167. The summed E-state index contributed by atoms with van der Waals surface area (Å²) in [5.74, 6) is 0. The topological polar surface area (TPSA) is 8.17 Å². The Kier molecular flexibility index (Phi) is 7.76. The van der Waals surface area contributed by atoms with Crippen LogP contribution in [0.5, 0.6) is 0 Å².